The van der Waals surface area contributed by atoms with Gasteiger partial charge in [0.1, 0.15) is 11.5 Å². The molecule has 0 spiro atoms. The van der Waals surface area contributed by atoms with E-state index in [-0.39, 0.29) is 18.1 Å². The molecule has 3 N–H and O–H groups in total. The maximum atomic E-state index is 9.82. The molecule has 0 unspecified atom stereocenters. The summed E-state index contributed by atoms with van der Waals surface area (Å²) >= 11 is 0. The molecule has 0 atom stereocenters. The van der Waals surface area contributed by atoms with Crippen LogP contribution in [0.15, 0.2) is 23.7 Å². The second-order valence-electron chi connectivity index (χ2n) is 6.21. The first-order chi connectivity index (χ1) is 9.66. The molecule has 1 aromatic carbocycles. The number of hydrogen-bond acceptors (Lipinski definition) is 5. The van der Waals surface area contributed by atoms with Crippen LogP contribution in [0.25, 0.3) is 6.08 Å². The monoisotopic (exact) mass is 292 g/mol. The molecule has 1 aliphatic heterocycles. The predicted molar refractivity (Wildman–Crippen MR) is 80.9 cm³/mol. The van der Waals surface area contributed by atoms with Crippen LogP contribution in [0, 0.1) is 0 Å². The molecule has 1 fully saturated rings. The minimum absolute atomic E-state index is 0.0224. The van der Waals surface area contributed by atoms with Gasteiger partial charge in [-0.25, -0.2) is 0 Å². The fraction of sp³-hybridized carbons (Fsp3) is 0.467. The van der Waals surface area contributed by atoms with Gasteiger partial charge in [0.25, 0.3) is 0 Å². The van der Waals surface area contributed by atoms with Crippen molar-refractivity contribution in [2.45, 2.75) is 38.9 Å². The Morgan fingerprint density at radius 1 is 1.14 bits per heavy atom. The molecule has 21 heavy (non-hydrogen) atoms. The largest absolute Gasteiger partial charge is 0.508 e. The lowest BCUT2D eigenvalue weighted by molar-refractivity contribution is 0.00578. The van der Waals surface area contributed by atoms with Crippen LogP contribution in [0.3, 0.4) is 0 Å². The molecule has 1 heterocycles. The van der Waals surface area contributed by atoms with Gasteiger partial charge in [-0.1, -0.05) is 6.08 Å². The fourth-order valence-electron chi connectivity index (χ4n) is 2.04. The molecule has 2 rings (SSSR count). The van der Waals surface area contributed by atoms with E-state index in [0.29, 0.717) is 11.0 Å². The van der Waals surface area contributed by atoms with E-state index in [4.69, 9.17) is 9.31 Å². The van der Waals surface area contributed by atoms with Crippen molar-refractivity contribution in [2.24, 2.45) is 0 Å². The van der Waals surface area contributed by atoms with Gasteiger partial charge in [-0.3, -0.25) is 0 Å². The van der Waals surface area contributed by atoms with Gasteiger partial charge in [0.05, 0.1) is 17.8 Å². The first kappa shape index (κ1) is 15.9. The summed E-state index contributed by atoms with van der Waals surface area (Å²) in [5.41, 5.74) is -0.00697. The first-order valence-corrected chi connectivity index (χ1v) is 6.85. The van der Waals surface area contributed by atoms with Gasteiger partial charge in [0, 0.05) is 11.6 Å². The Morgan fingerprint density at radius 2 is 1.71 bits per heavy atom. The highest BCUT2D eigenvalue weighted by Gasteiger charge is 2.52. The molecule has 1 aromatic rings. The highest BCUT2D eigenvalue weighted by molar-refractivity contribution is 6.55. The molecule has 0 radical (unpaired) electrons. The smallest absolute Gasteiger partial charge is 0.492 e. The van der Waals surface area contributed by atoms with E-state index in [0.717, 1.165) is 0 Å². The fourth-order valence-corrected chi connectivity index (χ4v) is 2.04. The van der Waals surface area contributed by atoms with E-state index < -0.39 is 18.3 Å². The molecule has 1 aliphatic rings. The number of aliphatic hydroxyl groups excluding tert-OH is 1. The lowest BCUT2D eigenvalue weighted by Crippen LogP contribution is -2.41. The Kier molecular flexibility index (Phi) is 4.06. The topological polar surface area (TPSA) is 79.2 Å². The molecule has 114 valence electrons. The van der Waals surface area contributed by atoms with E-state index in [1.165, 1.54) is 12.1 Å². The molecule has 6 heteroatoms. The highest BCUT2D eigenvalue weighted by atomic mass is 16.7. The number of benzene rings is 1. The predicted octanol–water partition coefficient (Wildman–Crippen LogP) is 2.10. The quantitative estimate of drug-likeness (QED) is 0.744. The minimum atomic E-state index is -0.673. The molecular weight excluding hydrogens is 271 g/mol. The van der Waals surface area contributed by atoms with Crippen LogP contribution in [-0.2, 0) is 9.31 Å². The van der Waals surface area contributed by atoms with Gasteiger partial charge in [-0.05, 0) is 45.3 Å². The lowest BCUT2D eigenvalue weighted by atomic mass is 9.77. The maximum absolute atomic E-state index is 9.82. The Balaban J connectivity index is 2.31. The zero-order valence-corrected chi connectivity index (χ0v) is 12.8. The van der Waals surface area contributed by atoms with Crippen molar-refractivity contribution < 1.29 is 24.6 Å². The number of phenols is 2. The first-order valence-electron chi connectivity index (χ1n) is 6.85. The zero-order chi connectivity index (χ0) is 15.8. The molecule has 0 aromatic heterocycles. The number of phenolic OH excluding ortho intramolecular Hbond substituents is 2. The molecule has 1 saturated heterocycles. The summed E-state index contributed by atoms with van der Waals surface area (Å²) in [6.07, 6.45) is 1.61. The number of rotatable bonds is 3. The van der Waals surface area contributed by atoms with Crippen LogP contribution >= 0.6 is 0 Å². The van der Waals surface area contributed by atoms with Crippen LogP contribution < -0.4 is 0 Å². The van der Waals surface area contributed by atoms with E-state index in [2.05, 4.69) is 0 Å². The molecular formula is C15H21BO5. The van der Waals surface area contributed by atoms with E-state index in [1.54, 1.807) is 12.1 Å². The second-order valence-corrected chi connectivity index (χ2v) is 6.21. The van der Waals surface area contributed by atoms with Crippen molar-refractivity contribution in [1.82, 2.24) is 0 Å². The molecule has 0 amide bonds. The van der Waals surface area contributed by atoms with E-state index >= 15 is 0 Å². The van der Waals surface area contributed by atoms with Gasteiger partial charge in [-0.15, -0.1) is 0 Å². The normalized spacial score (nSPS) is 20.8. The number of aromatic hydroxyl groups is 2. The van der Waals surface area contributed by atoms with E-state index in [9.17, 15) is 15.3 Å². The average molecular weight is 292 g/mol. The van der Waals surface area contributed by atoms with Crippen molar-refractivity contribution >= 4 is 13.2 Å². The summed E-state index contributed by atoms with van der Waals surface area (Å²) in [6, 6.07) is 4.27. The number of hydrogen-bond donors (Lipinski definition) is 3. The zero-order valence-electron chi connectivity index (χ0n) is 12.8. The van der Waals surface area contributed by atoms with Crippen molar-refractivity contribution in [3.05, 3.63) is 29.2 Å². The molecule has 5 nitrogen and oxygen atoms in total. The minimum Gasteiger partial charge on any atom is -0.508 e. The average Bonchev–Trinajstić information content (AvgIpc) is 2.57. The van der Waals surface area contributed by atoms with Crippen molar-refractivity contribution in [1.29, 1.82) is 0 Å². The maximum Gasteiger partial charge on any atom is 0.492 e. The Labute approximate surface area is 125 Å². The van der Waals surface area contributed by atoms with Crippen molar-refractivity contribution in [3.8, 4) is 11.5 Å². The van der Waals surface area contributed by atoms with Gasteiger partial charge in [0.15, 0.2) is 0 Å². The Morgan fingerprint density at radius 3 is 2.19 bits per heavy atom. The van der Waals surface area contributed by atoms with Gasteiger partial charge < -0.3 is 24.6 Å². The second kappa shape index (κ2) is 5.37. The summed E-state index contributed by atoms with van der Waals surface area (Å²) in [5, 5.41) is 28.7. The third-order valence-corrected chi connectivity index (χ3v) is 4.09. The van der Waals surface area contributed by atoms with Crippen molar-refractivity contribution in [3.63, 3.8) is 0 Å². The summed E-state index contributed by atoms with van der Waals surface area (Å²) < 4.78 is 11.7. The van der Waals surface area contributed by atoms with Gasteiger partial charge in [-0.2, -0.15) is 0 Å². The number of aliphatic hydroxyl groups is 1. The summed E-state index contributed by atoms with van der Waals surface area (Å²) in [7, 11) is -0.673. The van der Waals surface area contributed by atoms with Gasteiger partial charge >= 0.3 is 7.12 Å². The summed E-state index contributed by atoms with van der Waals surface area (Å²) in [4.78, 5) is 0. The van der Waals surface area contributed by atoms with Crippen molar-refractivity contribution in [2.75, 3.05) is 6.61 Å². The van der Waals surface area contributed by atoms with Crippen LogP contribution in [0.4, 0.5) is 0 Å². The standard InChI is InChI=1S/C15H21BO5/c1-14(2)15(3,4)21-16(20-14)11(9-17)7-10-5-6-12(18)8-13(10)19/h5-8,17-19H,9H2,1-4H3. The SMILES string of the molecule is CC1(C)OB(C(=Cc2ccc(O)cc2O)CO)OC1(C)C. The van der Waals surface area contributed by atoms with Crippen LogP contribution in [0.2, 0.25) is 0 Å². The highest BCUT2D eigenvalue weighted by Crippen LogP contribution is 2.39. The lowest BCUT2D eigenvalue weighted by Gasteiger charge is -2.32. The van der Waals surface area contributed by atoms with E-state index in [1.807, 2.05) is 27.7 Å². The third-order valence-electron chi connectivity index (χ3n) is 4.09. The summed E-state index contributed by atoms with van der Waals surface area (Å²) in [6.45, 7) is 7.47. The summed E-state index contributed by atoms with van der Waals surface area (Å²) in [5.74, 6) is -0.0942. The van der Waals surface area contributed by atoms with Crippen LogP contribution in [0.1, 0.15) is 33.3 Å². The third kappa shape index (κ3) is 3.07. The molecule has 0 saturated carbocycles. The van der Waals surface area contributed by atoms with Crippen LogP contribution in [-0.4, -0.2) is 40.2 Å². The van der Waals surface area contributed by atoms with Gasteiger partial charge in [0.2, 0.25) is 0 Å². The Bertz CT molecular complexity index is 549. The molecule has 0 bridgehead atoms. The van der Waals surface area contributed by atoms with Crippen LogP contribution in [0.5, 0.6) is 11.5 Å². The molecule has 0 aliphatic carbocycles. The Hall–Kier alpha value is -1.50.